The molecule has 0 radical (unpaired) electrons. The lowest BCUT2D eigenvalue weighted by Crippen LogP contribution is -2.32. The number of thiocarbonyl (C=S) groups is 1. The lowest BCUT2D eigenvalue weighted by molar-refractivity contribution is -0.116. The topological polar surface area (TPSA) is 73.1 Å². The van der Waals surface area contributed by atoms with Crippen LogP contribution in [0.5, 0.6) is 0 Å². The van der Waals surface area contributed by atoms with Crippen LogP contribution < -0.4 is 10.6 Å². The predicted molar refractivity (Wildman–Crippen MR) is 127 cm³/mol. The highest BCUT2D eigenvalue weighted by Gasteiger charge is 2.40. The lowest BCUT2D eigenvalue weighted by atomic mass is 9.96. The van der Waals surface area contributed by atoms with Gasteiger partial charge in [0.2, 0.25) is 5.91 Å². The summed E-state index contributed by atoms with van der Waals surface area (Å²) in [5.74, 6) is -0.0320. The molecule has 0 bridgehead atoms. The number of aromatic amines is 1. The van der Waals surface area contributed by atoms with Crippen LogP contribution in [0.1, 0.15) is 46.7 Å². The Morgan fingerprint density at radius 3 is 2.68 bits per heavy atom. The van der Waals surface area contributed by atoms with E-state index < -0.39 is 0 Å². The number of nitrogens with zero attached hydrogens (tertiary/aromatic N) is 2. The first kappa shape index (κ1) is 21.1. The summed E-state index contributed by atoms with van der Waals surface area (Å²) in [7, 11) is 0. The van der Waals surface area contributed by atoms with Gasteiger partial charge in [0.05, 0.1) is 17.8 Å². The summed E-state index contributed by atoms with van der Waals surface area (Å²) in [5, 5.41) is 7.06. The molecule has 0 unspecified atom stereocenters. The number of rotatable bonds is 6. The van der Waals surface area contributed by atoms with Crippen molar-refractivity contribution in [3.63, 3.8) is 0 Å². The van der Waals surface area contributed by atoms with Gasteiger partial charge in [-0.15, -0.1) is 0 Å². The first-order chi connectivity index (χ1) is 14.9. The molecule has 1 amide bonds. The summed E-state index contributed by atoms with van der Waals surface area (Å²) < 4.78 is 0. The van der Waals surface area contributed by atoms with Gasteiger partial charge in [-0.2, -0.15) is 0 Å². The largest absolute Gasteiger partial charge is 0.362 e. The number of carbonyl (C=O) groups excluding carboxylic acids is 1. The fourth-order valence-corrected chi connectivity index (χ4v) is 4.54. The molecule has 1 saturated heterocycles. The standard InChI is InChI=1S/C24H27N5OS/c1-15-7-6-8-18(13-15)27-21(30)10-12-29-23(19-14-16(2)26-17(19)3)22(28-24(29)31)20-9-4-5-11-25-20/h4-9,11,13-14,22-23,26H,10,12H2,1-3H3,(H,27,30)(H,28,31)/t22-,23-/m1/s1. The molecule has 0 aliphatic carbocycles. The molecule has 1 aromatic carbocycles. The van der Waals surface area contributed by atoms with Gasteiger partial charge >= 0.3 is 0 Å². The van der Waals surface area contributed by atoms with Gasteiger partial charge < -0.3 is 20.5 Å². The van der Waals surface area contributed by atoms with Crippen molar-refractivity contribution in [2.45, 2.75) is 39.3 Å². The highest BCUT2D eigenvalue weighted by molar-refractivity contribution is 7.80. The van der Waals surface area contributed by atoms with Crippen LogP contribution in [-0.2, 0) is 4.79 Å². The number of aromatic nitrogens is 2. The van der Waals surface area contributed by atoms with E-state index in [-0.39, 0.29) is 18.0 Å². The normalized spacial score (nSPS) is 18.2. The van der Waals surface area contributed by atoms with Gasteiger partial charge in [-0.05, 0) is 74.4 Å². The monoisotopic (exact) mass is 433 g/mol. The average Bonchev–Trinajstić information content (AvgIpc) is 3.24. The highest BCUT2D eigenvalue weighted by Crippen LogP contribution is 2.40. The van der Waals surface area contributed by atoms with Gasteiger partial charge in [-0.3, -0.25) is 9.78 Å². The third-order valence-corrected chi connectivity index (χ3v) is 5.94. The Labute approximate surface area is 188 Å². The van der Waals surface area contributed by atoms with Gasteiger partial charge in [0.25, 0.3) is 0 Å². The number of nitrogens with one attached hydrogen (secondary N) is 3. The number of aryl methyl sites for hydroxylation is 3. The molecule has 4 rings (SSSR count). The van der Waals surface area contributed by atoms with Gasteiger partial charge in [0.15, 0.2) is 5.11 Å². The molecular formula is C24H27N5OS. The van der Waals surface area contributed by atoms with E-state index in [9.17, 15) is 4.79 Å². The Bertz CT molecular complexity index is 1090. The molecule has 160 valence electrons. The van der Waals surface area contributed by atoms with Gasteiger partial charge in [0, 0.05) is 36.2 Å². The minimum absolute atomic E-state index is 0.0320. The number of H-pyrrole nitrogens is 1. The maximum absolute atomic E-state index is 12.6. The Morgan fingerprint density at radius 2 is 2.00 bits per heavy atom. The van der Waals surface area contributed by atoms with E-state index in [1.807, 2.05) is 56.3 Å². The maximum atomic E-state index is 12.6. The number of amides is 1. The van der Waals surface area contributed by atoms with Crippen molar-refractivity contribution in [3.05, 3.63) is 82.9 Å². The molecule has 6 nitrogen and oxygen atoms in total. The van der Waals surface area contributed by atoms with Gasteiger partial charge in [0.1, 0.15) is 0 Å². The molecule has 0 spiro atoms. The number of hydrogen-bond acceptors (Lipinski definition) is 3. The van der Waals surface area contributed by atoms with Crippen molar-refractivity contribution in [1.82, 2.24) is 20.2 Å². The molecule has 31 heavy (non-hydrogen) atoms. The third kappa shape index (κ3) is 4.61. The Morgan fingerprint density at radius 1 is 1.16 bits per heavy atom. The highest BCUT2D eigenvalue weighted by atomic mass is 32.1. The number of anilines is 1. The Balaban J connectivity index is 1.55. The van der Waals surface area contributed by atoms with Crippen LogP contribution in [0.15, 0.2) is 54.7 Å². The first-order valence-electron chi connectivity index (χ1n) is 10.4. The number of carbonyl (C=O) groups is 1. The summed E-state index contributed by atoms with van der Waals surface area (Å²) >= 11 is 5.69. The van der Waals surface area contributed by atoms with E-state index in [0.717, 1.165) is 28.3 Å². The molecular weight excluding hydrogens is 406 g/mol. The molecule has 0 saturated carbocycles. The van der Waals surface area contributed by atoms with Crippen LogP contribution in [0, 0.1) is 20.8 Å². The second-order valence-corrected chi connectivity index (χ2v) is 8.41. The van der Waals surface area contributed by atoms with Crippen molar-refractivity contribution in [1.29, 1.82) is 0 Å². The van der Waals surface area contributed by atoms with Crippen molar-refractivity contribution >= 4 is 28.9 Å². The maximum Gasteiger partial charge on any atom is 0.226 e. The smallest absolute Gasteiger partial charge is 0.226 e. The van der Waals surface area contributed by atoms with Crippen LogP contribution in [0.25, 0.3) is 0 Å². The Hall–Kier alpha value is -3.19. The molecule has 3 aromatic rings. The zero-order chi connectivity index (χ0) is 22.0. The van der Waals surface area contributed by atoms with Gasteiger partial charge in [-0.25, -0.2) is 0 Å². The number of pyridine rings is 1. The third-order valence-electron chi connectivity index (χ3n) is 5.59. The minimum Gasteiger partial charge on any atom is -0.362 e. The van der Waals surface area contributed by atoms with E-state index in [2.05, 4.69) is 38.5 Å². The summed E-state index contributed by atoms with van der Waals surface area (Å²) in [6.45, 7) is 6.64. The summed E-state index contributed by atoms with van der Waals surface area (Å²) in [6, 6.07) is 15.7. The molecule has 3 N–H and O–H groups in total. The predicted octanol–water partition coefficient (Wildman–Crippen LogP) is 4.34. The number of hydrogen-bond donors (Lipinski definition) is 3. The van der Waals surface area contributed by atoms with Crippen LogP contribution in [0.2, 0.25) is 0 Å². The minimum atomic E-state index is -0.0811. The van der Waals surface area contributed by atoms with E-state index in [1.165, 1.54) is 5.56 Å². The van der Waals surface area contributed by atoms with E-state index in [1.54, 1.807) is 6.20 Å². The van der Waals surface area contributed by atoms with Crippen molar-refractivity contribution < 1.29 is 4.79 Å². The van der Waals surface area contributed by atoms with Crippen LogP contribution in [0.3, 0.4) is 0 Å². The fraction of sp³-hybridized carbons (Fsp3) is 0.292. The molecule has 1 aliphatic rings. The first-order valence-corrected chi connectivity index (χ1v) is 10.8. The second kappa shape index (κ2) is 8.89. The van der Waals surface area contributed by atoms with Gasteiger partial charge in [-0.1, -0.05) is 18.2 Å². The second-order valence-electron chi connectivity index (χ2n) is 8.02. The zero-order valence-electron chi connectivity index (χ0n) is 18.0. The van der Waals surface area contributed by atoms with Crippen LogP contribution >= 0.6 is 12.2 Å². The molecule has 7 heteroatoms. The van der Waals surface area contributed by atoms with E-state index in [0.29, 0.717) is 18.1 Å². The van der Waals surface area contributed by atoms with Crippen LogP contribution in [0.4, 0.5) is 5.69 Å². The Kier molecular flexibility index (Phi) is 6.04. The molecule has 1 fully saturated rings. The van der Waals surface area contributed by atoms with Crippen molar-refractivity contribution in [3.8, 4) is 0 Å². The molecule has 3 heterocycles. The average molecular weight is 434 g/mol. The SMILES string of the molecule is Cc1cccc(NC(=O)CCN2C(=S)N[C@H](c3ccccn3)[C@H]2c2cc(C)[nH]c2C)c1. The van der Waals surface area contributed by atoms with Crippen molar-refractivity contribution in [2.24, 2.45) is 0 Å². The lowest BCUT2D eigenvalue weighted by Gasteiger charge is -2.27. The summed E-state index contributed by atoms with van der Waals surface area (Å²) in [6.07, 6.45) is 2.13. The van der Waals surface area contributed by atoms with E-state index >= 15 is 0 Å². The summed E-state index contributed by atoms with van der Waals surface area (Å²) in [4.78, 5) is 22.7. The quantitative estimate of drug-likeness (QED) is 0.505. The fourth-order valence-electron chi connectivity index (χ4n) is 4.21. The van der Waals surface area contributed by atoms with Crippen LogP contribution in [-0.4, -0.2) is 32.4 Å². The molecule has 2 aromatic heterocycles. The zero-order valence-corrected chi connectivity index (χ0v) is 18.8. The van der Waals surface area contributed by atoms with Crippen molar-refractivity contribution in [2.75, 3.05) is 11.9 Å². The summed E-state index contributed by atoms with van der Waals surface area (Å²) in [5.41, 5.74) is 6.22. The molecule has 2 atom stereocenters. The molecule has 1 aliphatic heterocycles. The van der Waals surface area contributed by atoms with E-state index in [4.69, 9.17) is 12.2 Å². The number of benzene rings is 1.